The average Bonchev–Trinajstić information content (AvgIpc) is 3.11. The number of fused-ring (bicyclic) bond motifs is 3. The minimum Gasteiger partial charge on any atom is -0.345 e. The Labute approximate surface area is 172 Å². The first-order chi connectivity index (χ1) is 14.2. The van der Waals surface area contributed by atoms with Crippen molar-refractivity contribution in [2.75, 3.05) is 11.9 Å². The molecule has 1 aromatic heterocycles. The standard InChI is InChI=1S/C27H26N2/c1-4-5-6-7-13-21(2)28(3)22-14-12-15-23(20-22)29-26-18-10-8-16-24(26)25-17-9-11-19-27(25)29/h5-20H,2,4H2,1,3H3/b6-5-,13-7-. The van der Waals surface area contributed by atoms with Crippen molar-refractivity contribution in [3.05, 3.63) is 109 Å². The van der Waals surface area contributed by atoms with Crippen LogP contribution in [0.4, 0.5) is 5.69 Å². The normalized spacial score (nSPS) is 11.8. The topological polar surface area (TPSA) is 8.17 Å². The van der Waals surface area contributed by atoms with E-state index in [1.807, 2.05) is 12.2 Å². The quantitative estimate of drug-likeness (QED) is 0.321. The first-order valence-electron chi connectivity index (χ1n) is 10.0. The van der Waals surface area contributed by atoms with Gasteiger partial charge in [-0.25, -0.2) is 0 Å². The molecule has 0 fully saturated rings. The van der Waals surface area contributed by atoms with E-state index in [1.165, 1.54) is 21.8 Å². The third-order valence-electron chi connectivity index (χ3n) is 5.26. The Kier molecular flexibility index (Phi) is 5.35. The van der Waals surface area contributed by atoms with E-state index >= 15 is 0 Å². The summed E-state index contributed by atoms with van der Waals surface area (Å²) in [6.45, 7) is 6.35. The van der Waals surface area contributed by atoms with E-state index in [2.05, 4.69) is 115 Å². The van der Waals surface area contributed by atoms with E-state index in [-0.39, 0.29) is 0 Å². The summed E-state index contributed by atoms with van der Waals surface area (Å²) in [4.78, 5) is 2.12. The summed E-state index contributed by atoms with van der Waals surface area (Å²) in [6, 6.07) is 25.8. The SMILES string of the molecule is C=C(/C=C\C=C/CC)N(C)c1cccc(-n2c3ccccc3c3ccccc32)c1. The first kappa shape index (κ1) is 18.8. The predicted octanol–water partition coefficient (Wildman–Crippen LogP) is 7.26. The Morgan fingerprint density at radius 3 is 2.21 bits per heavy atom. The van der Waals surface area contributed by atoms with Crippen LogP contribution in [0.2, 0.25) is 0 Å². The summed E-state index contributed by atoms with van der Waals surface area (Å²) in [5, 5.41) is 2.55. The van der Waals surface area contributed by atoms with Crippen LogP contribution in [-0.4, -0.2) is 11.6 Å². The molecule has 0 amide bonds. The van der Waals surface area contributed by atoms with Crippen LogP contribution in [0, 0.1) is 0 Å². The molecule has 2 heteroatoms. The van der Waals surface area contributed by atoms with E-state index in [0.717, 1.165) is 23.5 Å². The number of likely N-dealkylation sites (N-methyl/N-ethyl adjacent to an activating group) is 1. The summed E-state index contributed by atoms with van der Waals surface area (Å²) >= 11 is 0. The Morgan fingerprint density at radius 2 is 1.55 bits per heavy atom. The molecule has 1 heterocycles. The van der Waals surface area contributed by atoms with E-state index in [1.54, 1.807) is 0 Å². The zero-order valence-corrected chi connectivity index (χ0v) is 17.0. The van der Waals surface area contributed by atoms with Gasteiger partial charge in [0.25, 0.3) is 0 Å². The van der Waals surface area contributed by atoms with Crippen LogP contribution in [0.1, 0.15) is 13.3 Å². The van der Waals surface area contributed by atoms with Crippen LogP contribution in [-0.2, 0) is 0 Å². The van der Waals surface area contributed by atoms with E-state index in [0.29, 0.717) is 0 Å². The number of nitrogens with zero attached hydrogens (tertiary/aromatic N) is 2. The minimum absolute atomic E-state index is 0.949. The lowest BCUT2D eigenvalue weighted by molar-refractivity contribution is 1.12. The van der Waals surface area contributed by atoms with Gasteiger partial charge in [-0.15, -0.1) is 0 Å². The van der Waals surface area contributed by atoms with Crippen molar-refractivity contribution in [3.8, 4) is 5.69 Å². The molecule has 0 aliphatic carbocycles. The Morgan fingerprint density at radius 1 is 0.897 bits per heavy atom. The number of aromatic nitrogens is 1. The monoisotopic (exact) mass is 378 g/mol. The first-order valence-corrected chi connectivity index (χ1v) is 10.0. The molecular formula is C27H26N2. The van der Waals surface area contributed by atoms with Crippen LogP contribution in [0.25, 0.3) is 27.5 Å². The third-order valence-corrected chi connectivity index (χ3v) is 5.26. The molecule has 4 aromatic rings. The third kappa shape index (κ3) is 3.62. The fourth-order valence-electron chi connectivity index (χ4n) is 3.70. The van der Waals surface area contributed by atoms with Crippen LogP contribution < -0.4 is 4.90 Å². The number of hydrogen-bond donors (Lipinski definition) is 0. The molecule has 0 atom stereocenters. The van der Waals surface area contributed by atoms with Gasteiger partial charge in [0.05, 0.1) is 11.0 Å². The molecule has 0 saturated carbocycles. The maximum Gasteiger partial charge on any atom is 0.0541 e. The molecule has 29 heavy (non-hydrogen) atoms. The second kappa shape index (κ2) is 8.24. The number of hydrogen-bond acceptors (Lipinski definition) is 1. The Balaban J connectivity index is 1.77. The van der Waals surface area contributed by atoms with Gasteiger partial charge in [0.2, 0.25) is 0 Å². The zero-order valence-electron chi connectivity index (χ0n) is 17.0. The lowest BCUT2D eigenvalue weighted by atomic mass is 10.2. The molecule has 0 unspecified atom stereocenters. The smallest absolute Gasteiger partial charge is 0.0541 e. The number of benzene rings is 3. The average molecular weight is 379 g/mol. The molecular weight excluding hydrogens is 352 g/mol. The Bertz CT molecular complexity index is 1170. The summed E-state index contributed by atoms with van der Waals surface area (Å²) in [5.41, 5.74) is 5.65. The maximum absolute atomic E-state index is 4.22. The van der Waals surface area contributed by atoms with Crippen LogP contribution in [0.5, 0.6) is 0 Å². The van der Waals surface area contributed by atoms with Crippen LogP contribution in [0.15, 0.2) is 109 Å². The van der Waals surface area contributed by atoms with Gasteiger partial charge >= 0.3 is 0 Å². The van der Waals surface area contributed by atoms with Crippen molar-refractivity contribution in [2.45, 2.75) is 13.3 Å². The summed E-state index contributed by atoms with van der Waals surface area (Å²) in [6.07, 6.45) is 9.31. The van der Waals surface area contributed by atoms with Gasteiger partial charge in [-0.1, -0.05) is 74.2 Å². The highest BCUT2D eigenvalue weighted by Gasteiger charge is 2.12. The molecule has 144 valence electrons. The summed E-state index contributed by atoms with van der Waals surface area (Å²) in [7, 11) is 2.06. The fraction of sp³-hybridized carbons (Fsp3) is 0.111. The molecule has 0 N–H and O–H groups in total. The van der Waals surface area contributed by atoms with Gasteiger partial charge in [0, 0.05) is 34.9 Å². The number of rotatable bonds is 6. The minimum atomic E-state index is 0.949. The highest BCUT2D eigenvalue weighted by molar-refractivity contribution is 6.09. The fourth-order valence-corrected chi connectivity index (χ4v) is 3.70. The predicted molar refractivity (Wildman–Crippen MR) is 127 cm³/mol. The lowest BCUT2D eigenvalue weighted by Gasteiger charge is -2.21. The number of allylic oxidation sites excluding steroid dienone is 4. The molecule has 0 spiro atoms. The van der Waals surface area contributed by atoms with Gasteiger partial charge in [-0.3, -0.25) is 0 Å². The van der Waals surface area contributed by atoms with Gasteiger partial charge in [-0.05, 0) is 42.8 Å². The van der Waals surface area contributed by atoms with Gasteiger partial charge < -0.3 is 9.47 Å². The molecule has 2 nitrogen and oxygen atoms in total. The second-order valence-electron chi connectivity index (χ2n) is 7.14. The van der Waals surface area contributed by atoms with Crippen molar-refractivity contribution in [3.63, 3.8) is 0 Å². The van der Waals surface area contributed by atoms with E-state index < -0.39 is 0 Å². The van der Waals surface area contributed by atoms with Crippen molar-refractivity contribution in [1.29, 1.82) is 0 Å². The molecule has 4 rings (SSSR count). The molecule has 0 saturated heterocycles. The Hall–Kier alpha value is -3.52. The summed E-state index contributed by atoms with van der Waals surface area (Å²) < 4.78 is 2.34. The molecule has 0 aliphatic rings. The van der Waals surface area contributed by atoms with Crippen molar-refractivity contribution < 1.29 is 0 Å². The van der Waals surface area contributed by atoms with Crippen molar-refractivity contribution >= 4 is 27.5 Å². The van der Waals surface area contributed by atoms with Crippen molar-refractivity contribution in [2.24, 2.45) is 0 Å². The van der Waals surface area contributed by atoms with Crippen LogP contribution in [0.3, 0.4) is 0 Å². The van der Waals surface area contributed by atoms with Gasteiger partial charge in [0.15, 0.2) is 0 Å². The molecule has 0 aliphatic heterocycles. The highest BCUT2D eigenvalue weighted by atomic mass is 15.1. The second-order valence-corrected chi connectivity index (χ2v) is 7.14. The molecule has 0 bridgehead atoms. The maximum atomic E-state index is 4.22. The van der Waals surface area contributed by atoms with E-state index in [4.69, 9.17) is 0 Å². The van der Waals surface area contributed by atoms with Crippen LogP contribution >= 0.6 is 0 Å². The van der Waals surface area contributed by atoms with Crippen molar-refractivity contribution in [1.82, 2.24) is 4.57 Å². The number of anilines is 1. The zero-order chi connectivity index (χ0) is 20.2. The van der Waals surface area contributed by atoms with E-state index in [9.17, 15) is 0 Å². The molecule has 0 radical (unpaired) electrons. The highest BCUT2D eigenvalue weighted by Crippen LogP contribution is 2.32. The van der Waals surface area contributed by atoms with Gasteiger partial charge in [-0.2, -0.15) is 0 Å². The lowest BCUT2D eigenvalue weighted by Crippen LogP contribution is -2.14. The van der Waals surface area contributed by atoms with Gasteiger partial charge in [0.1, 0.15) is 0 Å². The number of para-hydroxylation sites is 2. The largest absolute Gasteiger partial charge is 0.345 e. The molecule has 3 aromatic carbocycles. The summed E-state index contributed by atoms with van der Waals surface area (Å²) in [5.74, 6) is 0.